The minimum Gasteiger partial charge on any atom is -0.385 e. The number of hydrogen-bond donors (Lipinski definition) is 1. The van der Waals surface area contributed by atoms with Gasteiger partial charge in [-0.25, -0.2) is 0 Å². The van der Waals surface area contributed by atoms with Gasteiger partial charge in [-0.15, -0.1) is 0 Å². The third-order valence-electron chi connectivity index (χ3n) is 4.74. The Morgan fingerprint density at radius 3 is 2.67 bits per heavy atom. The lowest BCUT2D eigenvalue weighted by Crippen LogP contribution is -2.43. The number of methoxy groups -OCH3 is 1. The highest BCUT2D eigenvalue weighted by atomic mass is 16.5. The summed E-state index contributed by atoms with van der Waals surface area (Å²) in [6.07, 6.45) is 8.29. The Balaban J connectivity index is 2.53. The Morgan fingerprint density at radius 2 is 2.06 bits per heavy atom. The molecule has 1 N–H and O–H groups in total. The molecule has 0 spiro atoms. The van der Waals surface area contributed by atoms with Crippen LogP contribution in [0.25, 0.3) is 0 Å². The summed E-state index contributed by atoms with van der Waals surface area (Å²) < 4.78 is 5.24. The summed E-state index contributed by atoms with van der Waals surface area (Å²) in [4.78, 5) is 0. The highest BCUT2D eigenvalue weighted by molar-refractivity contribution is 4.85. The van der Waals surface area contributed by atoms with Crippen molar-refractivity contribution in [3.8, 4) is 0 Å². The van der Waals surface area contributed by atoms with Crippen LogP contribution in [0, 0.1) is 17.8 Å². The van der Waals surface area contributed by atoms with Crippen molar-refractivity contribution in [2.75, 3.05) is 20.3 Å². The second-order valence-electron chi connectivity index (χ2n) is 6.04. The maximum atomic E-state index is 5.24. The first-order chi connectivity index (χ1) is 8.72. The zero-order valence-corrected chi connectivity index (χ0v) is 12.9. The lowest BCUT2D eigenvalue weighted by atomic mass is 9.73. The van der Waals surface area contributed by atoms with E-state index in [4.69, 9.17) is 4.74 Å². The van der Waals surface area contributed by atoms with Gasteiger partial charge in [0.2, 0.25) is 0 Å². The molecule has 0 aromatic rings. The number of hydrogen-bond acceptors (Lipinski definition) is 2. The average Bonchev–Trinajstić information content (AvgIpc) is 2.42. The molecule has 0 aromatic carbocycles. The van der Waals surface area contributed by atoms with Gasteiger partial charge in [-0.3, -0.25) is 0 Å². The molecule has 0 saturated heterocycles. The van der Waals surface area contributed by atoms with Crippen LogP contribution in [0.2, 0.25) is 0 Å². The topological polar surface area (TPSA) is 21.3 Å². The van der Waals surface area contributed by atoms with E-state index in [-0.39, 0.29) is 0 Å². The maximum Gasteiger partial charge on any atom is 0.0465 e. The van der Waals surface area contributed by atoms with E-state index in [2.05, 4.69) is 26.1 Å². The minimum atomic E-state index is 0.694. The van der Waals surface area contributed by atoms with Gasteiger partial charge in [0.25, 0.3) is 0 Å². The fourth-order valence-electron chi connectivity index (χ4n) is 3.58. The monoisotopic (exact) mass is 255 g/mol. The van der Waals surface area contributed by atoms with Gasteiger partial charge in [0.1, 0.15) is 0 Å². The molecule has 2 heteroatoms. The lowest BCUT2D eigenvalue weighted by Gasteiger charge is -2.38. The van der Waals surface area contributed by atoms with E-state index in [1.165, 1.54) is 38.5 Å². The smallest absolute Gasteiger partial charge is 0.0465 e. The van der Waals surface area contributed by atoms with Crippen molar-refractivity contribution >= 4 is 0 Å². The molecule has 0 amide bonds. The molecular formula is C16H33NO. The first-order valence-electron chi connectivity index (χ1n) is 7.95. The summed E-state index contributed by atoms with van der Waals surface area (Å²) in [5.41, 5.74) is 0. The van der Waals surface area contributed by atoms with E-state index in [1.54, 1.807) is 0 Å². The van der Waals surface area contributed by atoms with Crippen LogP contribution in [0.4, 0.5) is 0 Å². The van der Waals surface area contributed by atoms with Gasteiger partial charge in [-0.1, -0.05) is 40.0 Å². The van der Waals surface area contributed by atoms with E-state index < -0.39 is 0 Å². The summed E-state index contributed by atoms with van der Waals surface area (Å²) >= 11 is 0. The normalized spacial score (nSPS) is 28.0. The molecule has 1 aliphatic rings. The van der Waals surface area contributed by atoms with Crippen LogP contribution < -0.4 is 5.32 Å². The molecule has 1 saturated carbocycles. The van der Waals surface area contributed by atoms with Gasteiger partial charge in [0.15, 0.2) is 0 Å². The summed E-state index contributed by atoms with van der Waals surface area (Å²) in [6.45, 7) is 8.96. The lowest BCUT2D eigenvalue weighted by molar-refractivity contribution is 0.135. The third-order valence-corrected chi connectivity index (χ3v) is 4.74. The average molecular weight is 255 g/mol. The van der Waals surface area contributed by atoms with Gasteiger partial charge < -0.3 is 10.1 Å². The molecule has 4 atom stereocenters. The molecule has 4 unspecified atom stereocenters. The van der Waals surface area contributed by atoms with Gasteiger partial charge in [0.05, 0.1) is 0 Å². The van der Waals surface area contributed by atoms with Crippen molar-refractivity contribution in [3.05, 3.63) is 0 Å². The highest BCUT2D eigenvalue weighted by Gasteiger charge is 2.30. The zero-order valence-electron chi connectivity index (χ0n) is 12.9. The van der Waals surface area contributed by atoms with E-state index in [0.717, 1.165) is 30.9 Å². The standard InChI is InChI=1S/C16H33NO/c1-5-14-8-7-9-15(12-14)16(17-6-2)13(3)10-11-18-4/h13-17H,5-12H2,1-4H3. The van der Waals surface area contributed by atoms with Gasteiger partial charge in [-0.05, 0) is 43.6 Å². The first-order valence-corrected chi connectivity index (χ1v) is 7.95. The molecule has 1 aliphatic carbocycles. The Hall–Kier alpha value is -0.0800. The predicted octanol–water partition coefficient (Wildman–Crippen LogP) is 3.85. The molecule has 108 valence electrons. The molecule has 0 bridgehead atoms. The molecule has 18 heavy (non-hydrogen) atoms. The van der Waals surface area contributed by atoms with Crippen molar-refractivity contribution in [1.82, 2.24) is 5.32 Å². The molecular weight excluding hydrogens is 222 g/mol. The number of nitrogens with one attached hydrogen (secondary N) is 1. The van der Waals surface area contributed by atoms with Crippen molar-refractivity contribution in [2.24, 2.45) is 17.8 Å². The third kappa shape index (κ3) is 4.89. The second-order valence-corrected chi connectivity index (χ2v) is 6.04. The van der Waals surface area contributed by atoms with Crippen LogP contribution in [-0.2, 0) is 4.74 Å². The quantitative estimate of drug-likeness (QED) is 0.711. The van der Waals surface area contributed by atoms with E-state index in [0.29, 0.717) is 6.04 Å². The fourth-order valence-corrected chi connectivity index (χ4v) is 3.58. The molecule has 0 radical (unpaired) electrons. The predicted molar refractivity (Wildman–Crippen MR) is 78.9 cm³/mol. The SMILES string of the molecule is CCNC(C(C)CCOC)C1CCCC(CC)C1. The van der Waals surface area contributed by atoms with Crippen LogP contribution in [-0.4, -0.2) is 26.3 Å². The van der Waals surface area contributed by atoms with Crippen molar-refractivity contribution < 1.29 is 4.74 Å². The van der Waals surface area contributed by atoms with Crippen LogP contribution in [0.1, 0.15) is 59.3 Å². The van der Waals surface area contributed by atoms with Crippen molar-refractivity contribution in [3.63, 3.8) is 0 Å². The first kappa shape index (κ1) is 16.0. The van der Waals surface area contributed by atoms with Crippen LogP contribution in [0.15, 0.2) is 0 Å². The summed E-state index contributed by atoms with van der Waals surface area (Å²) in [5.74, 6) is 2.58. The Morgan fingerprint density at radius 1 is 1.28 bits per heavy atom. The number of ether oxygens (including phenoxy) is 1. The molecule has 0 aliphatic heterocycles. The number of rotatable bonds is 8. The van der Waals surface area contributed by atoms with Crippen LogP contribution >= 0.6 is 0 Å². The largest absolute Gasteiger partial charge is 0.385 e. The molecule has 1 fully saturated rings. The van der Waals surface area contributed by atoms with Gasteiger partial charge >= 0.3 is 0 Å². The fraction of sp³-hybridized carbons (Fsp3) is 1.00. The molecule has 1 rings (SSSR count). The summed E-state index contributed by atoms with van der Waals surface area (Å²) in [6, 6.07) is 0.694. The van der Waals surface area contributed by atoms with Crippen LogP contribution in [0.3, 0.4) is 0 Å². The van der Waals surface area contributed by atoms with Crippen molar-refractivity contribution in [1.29, 1.82) is 0 Å². The van der Waals surface area contributed by atoms with E-state index in [9.17, 15) is 0 Å². The summed E-state index contributed by atoms with van der Waals surface area (Å²) in [5, 5.41) is 3.75. The second kappa shape index (κ2) is 8.92. The van der Waals surface area contributed by atoms with E-state index >= 15 is 0 Å². The Bertz CT molecular complexity index is 207. The van der Waals surface area contributed by atoms with Crippen LogP contribution in [0.5, 0.6) is 0 Å². The molecule has 2 nitrogen and oxygen atoms in total. The maximum absolute atomic E-state index is 5.24. The molecule has 0 aromatic heterocycles. The highest BCUT2D eigenvalue weighted by Crippen LogP contribution is 2.35. The van der Waals surface area contributed by atoms with Gasteiger partial charge in [-0.2, -0.15) is 0 Å². The summed E-state index contributed by atoms with van der Waals surface area (Å²) in [7, 11) is 1.81. The van der Waals surface area contributed by atoms with Gasteiger partial charge in [0, 0.05) is 19.8 Å². The Labute approximate surface area is 114 Å². The Kier molecular flexibility index (Phi) is 7.92. The minimum absolute atomic E-state index is 0.694. The molecule has 0 heterocycles. The van der Waals surface area contributed by atoms with Crippen molar-refractivity contribution in [2.45, 2.75) is 65.3 Å². The van der Waals surface area contributed by atoms with E-state index in [1.807, 2.05) is 7.11 Å². The zero-order chi connectivity index (χ0) is 13.4.